The maximum absolute atomic E-state index is 11.8. The van der Waals surface area contributed by atoms with Crippen LogP contribution in [0.25, 0.3) is 0 Å². The van der Waals surface area contributed by atoms with Gasteiger partial charge in [-0.2, -0.15) is 5.10 Å². The molecule has 0 spiro atoms. The molecule has 0 atom stereocenters. The Balaban J connectivity index is 2.86. The molecule has 0 aromatic carbocycles. The van der Waals surface area contributed by atoms with Crippen LogP contribution in [-0.2, 0) is 13.2 Å². The molecular weight excluding hydrogens is 215 g/mol. The van der Waals surface area contributed by atoms with Gasteiger partial charge < -0.3 is 5.11 Å². The van der Waals surface area contributed by atoms with Crippen molar-refractivity contribution in [2.24, 2.45) is 0 Å². The van der Waals surface area contributed by atoms with Gasteiger partial charge in [0.15, 0.2) is 0 Å². The van der Waals surface area contributed by atoms with E-state index in [1.165, 1.54) is 4.68 Å². The lowest BCUT2D eigenvalue weighted by Crippen LogP contribution is -2.06. The summed E-state index contributed by atoms with van der Waals surface area (Å²) in [6.45, 7) is -0.400. The van der Waals surface area contributed by atoms with E-state index in [0.29, 0.717) is 10.2 Å². The number of aliphatic hydroxyl groups excluding tert-OH is 1. The molecule has 0 saturated carbocycles. The van der Waals surface area contributed by atoms with Crippen molar-refractivity contribution in [2.45, 2.75) is 13.2 Å². The van der Waals surface area contributed by atoms with E-state index < -0.39 is 6.67 Å². The van der Waals surface area contributed by atoms with Gasteiger partial charge in [0, 0.05) is 0 Å². The van der Waals surface area contributed by atoms with Crippen molar-refractivity contribution in [1.29, 1.82) is 0 Å². The van der Waals surface area contributed by atoms with Gasteiger partial charge in [0.05, 0.1) is 29.5 Å². The Morgan fingerprint density at radius 3 is 3.00 bits per heavy atom. The van der Waals surface area contributed by atoms with Crippen LogP contribution in [0.2, 0.25) is 0 Å². The molecule has 0 aliphatic heterocycles. The highest BCUT2D eigenvalue weighted by atomic mass is 79.9. The first-order valence-corrected chi connectivity index (χ1v) is 3.96. The van der Waals surface area contributed by atoms with E-state index in [9.17, 15) is 4.39 Å². The molecule has 0 bridgehead atoms. The van der Waals surface area contributed by atoms with Crippen molar-refractivity contribution in [1.82, 2.24) is 9.78 Å². The minimum Gasteiger partial charge on any atom is -0.390 e. The van der Waals surface area contributed by atoms with E-state index in [1.54, 1.807) is 6.20 Å². The van der Waals surface area contributed by atoms with Gasteiger partial charge in [-0.05, 0) is 15.9 Å². The highest BCUT2D eigenvalue weighted by molar-refractivity contribution is 9.10. The van der Waals surface area contributed by atoms with E-state index in [0.717, 1.165) is 0 Å². The molecule has 0 aliphatic rings. The molecule has 11 heavy (non-hydrogen) atoms. The summed E-state index contributed by atoms with van der Waals surface area (Å²) in [5, 5.41) is 12.6. The lowest BCUT2D eigenvalue weighted by Gasteiger charge is -2.01. The molecule has 62 valence electrons. The standard InChI is InChI=1S/C6H8BrFN2O/c7-5-3-9-10(2-1-8)6(5)4-11/h3,11H,1-2,4H2. The minimum atomic E-state index is -0.471. The van der Waals surface area contributed by atoms with Crippen LogP contribution in [0.3, 0.4) is 0 Å². The highest BCUT2D eigenvalue weighted by Crippen LogP contribution is 2.15. The molecule has 1 N–H and O–H groups in total. The van der Waals surface area contributed by atoms with Crippen LogP contribution in [0.4, 0.5) is 4.39 Å². The number of hydrogen-bond acceptors (Lipinski definition) is 2. The minimum absolute atomic E-state index is 0.124. The summed E-state index contributed by atoms with van der Waals surface area (Å²) in [4.78, 5) is 0. The van der Waals surface area contributed by atoms with E-state index >= 15 is 0 Å². The fraction of sp³-hybridized carbons (Fsp3) is 0.500. The Labute approximate surface area is 72.0 Å². The van der Waals surface area contributed by atoms with Gasteiger partial charge in [-0.3, -0.25) is 4.68 Å². The third-order valence-electron chi connectivity index (χ3n) is 1.34. The Morgan fingerprint density at radius 1 is 1.73 bits per heavy atom. The van der Waals surface area contributed by atoms with Crippen molar-refractivity contribution in [3.05, 3.63) is 16.4 Å². The molecule has 1 rings (SSSR count). The molecular formula is C6H8BrFN2O. The molecule has 0 aliphatic carbocycles. The molecule has 0 saturated heterocycles. The first-order valence-electron chi connectivity index (χ1n) is 3.16. The van der Waals surface area contributed by atoms with Crippen molar-refractivity contribution in [3.63, 3.8) is 0 Å². The van der Waals surface area contributed by atoms with E-state index in [4.69, 9.17) is 5.11 Å². The summed E-state index contributed by atoms with van der Waals surface area (Å²) in [6.07, 6.45) is 1.54. The van der Waals surface area contributed by atoms with E-state index in [2.05, 4.69) is 21.0 Å². The number of aromatic nitrogens is 2. The van der Waals surface area contributed by atoms with Gasteiger partial charge in [-0.25, -0.2) is 4.39 Å². The zero-order valence-electron chi connectivity index (χ0n) is 5.80. The van der Waals surface area contributed by atoms with Gasteiger partial charge in [0.2, 0.25) is 0 Å². The molecule has 1 aromatic heterocycles. The summed E-state index contributed by atoms with van der Waals surface area (Å²) in [5.74, 6) is 0. The van der Waals surface area contributed by atoms with E-state index in [-0.39, 0.29) is 13.2 Å². The topological polar surface area (TPSA) is 38.1 Å². The molecule has 1 heterocycles. The summed E-state index contributed by atoms with van der Waals surface area (Å²) in [6, 6.07) is 0. The van der Waals surface area contributed by atoms with E-state index in [1.807, 2.05) is 0 Å². The third-order valence-corrected chi connectivity index (χ3v) is 2.01. The number of rotatable bonds is 3. The highest BCUT2D eigenvalue weighted by Gasteiger charge is 2.05. The van der Waals surface area contributed by atoms with Crippen molar-refractivity contribution < 1.29 is 9.50 Å². The second-order valence-electron chi connectivity index (χ2n) is 2.01. The van der Waals surface area contributed by atoms with Gasteiger partial charge in [0.25, 0.3) is 0 Å². The van der Waals surface area contributed by atoms with Crippen molar-refractivity contribution in [3.8, 4) is 0 Å². The van der Waals surface area contributed by atoms with Crippen LogP contribution in [0.5, 0.6) is 0 Å². The van der Waals surface area contributed by atoms with Crippen molar-refractivity contribution in [2.75, 3.05) is 6.67 Å². The molecule has 3 nitrogen and oxygen atoms in total. The molecule has 0 unspecified atom stereocenters. The Bertz CT molecular complexity index is 238. The van der Waals surface area contributed by atoms with Crippen molar-refractivity contribution >= 4 is 15.9 Å². The fourth-order valence-corrected chi connectivity index (χ4v) is 1.24. The van der Waals surface area contributed by atoms with Crippen LogP contribution >= 0.6 is 15.9 Å². The largest absolute Gasteiger partial charge is 0.390 e. The molecule has 1 aromatic rings. The van der Waals surface area contributed by atoms with Gasteiger partial charge >= 0.3 is 0 Å². The Morgan fingerprint density at radius 2 is 2.45 bits per heavy atom. The van der Waals surface area contributed by atoms with Crippen LogP contribution in [0, 0.1) is 0 Å². The van der Waals surface area contributed by atoms with Crippen LogP contribution in [0.1, 0.15) is 5.69 Å². The maximum atomic E-state index is 11.8. The number of alkyl halides is 1. The number of aryl methyl sites for hydroxylation is 1. The number of nitrogens with zero attached hydrogens (tertiary/aromatic N) is 2. The van der Waals surface area contributed by atoms with Crippen LogP contribution in [0.15, 0.2) is 10.7 Å². The average molecular weight is 223 g/mol. The molecule has 0 radical (unpaired) electrons. The first kappa shape index (κ1) is 8.67. The summed E-state index contributed by atoms with van der Waals surface area (Å²) in [7, 11) is 0. The second kappa shape index (κ2) is 3.82. The quantitative estimate of drug-likeness (QED) is 0.833. The molecule has 0 amide bonds. The SMILES string of the molecule is OCc1c(Br)cnn1CCF. The maximum Gasteiger partial charge on any atom is 0.109 e. The Hall–Kier alpha value is -0.420. The summed E-state index contributed by atoms with van der Waals surface area (Å²) >= 11 is 3.18. The van der Waals surface area contributed by atoms with Gasteiger partial charge in [-0.1, -0.05) is 0 Å². The normalized spacial score (nSPS) is 10.5. The Kier molecular flexibility index (Phi) is 3.02. The van der Waals surface area contributed by atoms with Gasteiger partial charge in [0.1, 0.15) is 6.67 Å². The predicted molar refractivity (Wildman–Crippen MR) is 41.8 cm³/mol. The summed E-state index contributed by atoms with van der Waals surface area (Å²) in [5.41, 5.74) is 0.614. The van der Waals surface area contributed by atoms with Gasteiger partial charge in [-0.15, -0.1) is 0 Å². The fourth-order valence-electron chi connectivity index (χ4n) is 0.818. The lowest BCUT2D eigenvalue weighted by atomic mass is 10.4. The summed E-state index contributed by atoms with van der Waals surface area (Å²) < 4.78 is 14.0. The first-order chi connectivity index (χ1) is 5.29. The number of hydrogen-bond donors (Lipinski definition) is 1. The predicted octanol–water partition coefficient (Wildman–Crippen LogP) is 1.11. The molecule has 0 fully saturated rings. The third kappa shape index (κ3) is 1.78. The number of aliphatic hydroxyl groups is 1. The smallest absolute Gasteiger partial charge is 0.109 e. The zero-order chi connectivity index (χ0) is 8.27. The lowest BCUT2D eigenvalue weighted by molar-refractivity contribution is 0.264. The van der Waals surface area contributed by atoms with Crippen LogP contribution < -0.4 is 0 Å². The monoisotopic (exact) mass is 222 g/mol. The molecule has 5 heteroatoms. The number of halogens is 2. The average Bonchev–Trinajstić information content (AvgIpc) is 2.33. The zero-order valence-corrected chi connectivity index (χ0v) is 7.38. The second-order valence-corrected chi connectivity index (χ2v) is 2.86. The van der Waals surface area contributed by atoms with Crippen LogP contribution in [-0.4, -0.2) is 21.6 Å².